The normalized spacial score (nSPS) is 11.3. The van der Waals surface area contributed by atoms with Crippen LogP contribution in [0.3, 0.4) is 0 Å². The van der Waals surface area contributed by atoms with Crippen LogP contribution in [0.25, 0.3) is 0 Å². The van der Waals surface area contributed by atoms with Crippen molar-refractivity contribution in [2.24, 2.45) is 0 Å². The van der Waals surface area contributed by atoms with E-state index in [1.807, 2.05) is 6.92 Å². The maximum Gasteiger partial charge on any atom is 0.505 e. The summed E-state index contributed by atoms with van der Waals surface area (Å²) in [7, 11) is -4.70. The molecular weight excluding hydrogens is 199 g/mol. The van der Waals surface area contributed by atoms with Gasteiger partial charge in [0.05, 0.1) is 0 Å². The number of unbranched alkanes of at least 4 members (excludes halogenated alkanes) is 2. The average molecular weight is 212 g/mol. The highest BCUT2D eigenvalue weighted by molar-refractivity contribution is 7.46. The largest absolute Gasteiger partial charge is 0.505 e. The molecule has 0 amide bonds. The predicted molar refractivity (Wildman–Crippen MR) is 43.4 cm³/mol. The smallest absolute Gasteiger partial charge is 0.301 e. The molecule has 0 saturated carbocycles. The average Bonchev–Trinajstić information content (AvgIpc) is 2.00. The van der Waals surface area contributed by atoms with Gasteiger partial charge in [-0.15, -0.1) is 0 Å². The van der Waals surface area contributed by atoms with Crippen LogP contribution in [0.5, 0.6) is 0 Å². The molecule has 0 unspecified atom stereocenters. The molecule has 0 aliphatic rings. The van der Waals surface area contributed by atoms with Crippen molar-refractivity contribution in [3.63, 3.8) is 0 Å². The lowest BCUT2D eigenvalue weighted by Gasteiger charge is -2.02. The lowest BCUT2D eigenvalue weighted by molar-refractivity contribution is -0.222. The minimum atomic E-state index is -4.70. The summed E-state index contributed by atoms with van der Waals surface area (Å²) in [5.74, 6) is -0.767. The Morgan fingerprint density at radius 3 is 2.46 bits per heavy atom. The van der Waals surface area contributed by atoms with E-state index in [1.165, 1.54) is 0 Å². The fraction of sp³-hybridized carbons (Fsp3) is 0.833. The van der Waals surface area contributed by atoms with Crippen molar-refractivity contribution in [2.75, 3.05) is 0 Å². The number of hydrogen-bond donors (Lipinski definition) is 2. The summed E-state index contributed by atoms with van der Waals surface area (Å²) >= 11 is 0. The van der Waals surface area contributed by atoms with Crippen molar-refractivity contribution in [2.45, 2.75) is 32.6 Å². The molecule has 0 radical (unpaired) electrons. The van der Waals surface area contributed by atoms with E-state index in [-0.39, 0.29) is 6.42 Å². The Kier molecular flexibility index (Phi) is 5.90. The second-order valence-electron chi connectivity index (χ2n) is 2.48. The van der Waals surface area contributed by atoms with E-state index in [0.29, 0.717) is 6.42 Å². The number of rotatable bonds is 6. The van der Waals surface area contributed by atoms with E-state index in [0.717, 1.165) is 12.8 Å². The molecule has 0 spiro atoms. The molecule has 0 rings (SSSR count). The molecule has 0 aromatic rings. The maximum atomic E-state index is 10.7. The quantitative estimate of drug-likeness (QED) is 0.296. The SMILES string of the molecule is CCCCCC(=O)OOP(=O)(O)O. The van der Waals surface area contributed by atoms with Gasteiger partial charge in [-0.05, 0) is 6.42 Å². The number of hydrogen-bond acceptors (Lipinski definition) is 4. The van der Waals surface area contributed by atoms with Crippen LogP contribution in [-0.4, -0.2) is 15.8 Å². The Morgan fingerprint density at radius 1 is 1.38 bits per heavy atom. The highest BCUT2D eigenvalue weighted by Crippen LogP contribution is 2.35. The third-order valence-corrected chi connectivity index (χ3v) is 1.48. The Morgan fingerprint density at radius 2 is 2.00 bits per heavy atom. The standard InChI is InChI=1S/C6H13O6P/c1-2-3-4-5-6(7)11-12-13(8,9)10/h2-5H2,1H3,(H2,8,9,10). The summed E-state index contributed by atoms with van der Waals surface area (Å²) in [5.41, 5.74) is 0. The Balaban J connectivity index is 3.47. The molecule has 2 N–H and O–H groups in total. The molecule has 13 heavy (non-hydrogen) atoms. The minimum absolute atomic E-state index is 0.105. The summed E-state index contributed by atoms with van der Waals surface area (Å²) in [5, 5.41) is 0. The molecule has 0 heterocycles. The molecule has 0 saturated heterocycles. The first-order valence-corrected chi connectivity index (χ1v) is 5.43. The monoisotopic (exact) mass is 212 g/mol. The van der Waals surface area contributed by atoms with Gasteiger partial charge in [0, 0.05) is 6.42 Å². The second kappa shape index (κ2) is 6.10. The first-order valence-electron chi connectivity index (χ1n) is 3.90. The van der Waals surface area contributed by atoms with Crippen LogP contribution in [-0.2, 0) is 18.9 Å². The van der Waals surface area contributed by atoms with E-state index >= 15 is 0 Å². The molecule has 0 fully saturated rings. The van der Waals surface area contributed by atoms with Crippen LogP contribution in [0.2, 0.25) is 0 Å². The van der Waals surface area contributed by atoms with E-state index in [9.17, 15) is 9.36 Å². The van der Waals surface area contributed by atoms with Crippen molar-refractivity contribution in [3.8, 4) is 0 Å². The summed E-state index contributed by atoms with van der Waals surface area (Å²) in [6, 6.07) is 0. The van der Waals surface area contributed by atoms with Gasteiger partial charge in [-0.3, -0.25) is 4.89 Å². The summed E-state index contributed by atoms with van der Waals surface area (Å²) in [4.78, 5) is 30.8. The zero-order valence-electron chi connectivity index (χ0n) is 7.30. The van der Waals surface area contributed by atoms with Crippen molar-refractivity contribution in [1.29, 1.82) is 0 Å². The van der Waals surface area contributed by atoms with Gasteiger partial charge >= 0.3 is 13.8 Å². The number of carbonyl (C=O) groups excluding carboxylic acids is 1. The van der Waals surface area contributed by atoms with Crippen molar-refractivity contribution >= 4 is 13.8 Å². The zero-order chi connectivity index (χ0) is 10.3. The van der Waals surface area contributed by atoms with Crippen LogP contribution in [0.4, 0.5) is 0 Å². The van der Waals surface area contributed by atoms with Gasteiger partial charge in [-0.2, -0.15) is 0 Å². The van der Waals surface area contributed by atoms with Gasteiger partial charge in [0.2, 0.25) is 0 Å². The Bertz CT molecular complexity index is 197. The second-order valence-corrected chi connectivity index (χ2v) is 3.61. The van der Waals surface area contributed by atoms with Gasteiger partial charge in [-0.1, -0.05) is 24.4 Å². The van der Waals surface area contributed by atoms with Crippen LogP contribution in [0.15, 0.2) is 0 Å². The Labute approximate surface area is 76.0 Å². The van der Waals surface area contributed by atoms with Gasteiger partial charge in [0.25, 0.3) is 0 Å². The fourth-order valence-electron chi connectivity index (χ4n) is 0.651. The fourth-order valence-corrected chi connectivity index (χ4v) is 0.831. The van der Waals surface area contributed by atoms with Crippen LogP contribution in [0, 0.1) is 0 Å². The summed E-state index contributed by atoms with van der Waals surface area (Å²) in [6.45, 7) is 1.97. The number of carbonyl (C=O) groups is 1. The van der Waals surface area contributed by atoms with Crippen molar-refractivity contribution < 1.29 is 28.7 Å². The predicted octanol–water partition coefficient (Wildman–Crippen LogP) is 1.13. The van der Waals surface area contributed by atoms with E-state index < -0.39 is 13.8 Å². The van der Waals surface area contributed by atoms with E-state index in [2.05, 4.69) is 9.56 Å². The van der Waals surface area contributed by atoms with Gasteiger partial charge in [0.15, 0.2) is 0 Å². The topological polar surface area (TPSA) is 93.1 Å². The number of phosphoric acid groups is 1. The third kappa shape index (κ3) is 9.49. The maximum absolute atomic E-state index is 10.7. The van der Waals surface area contributed by atoms with Crippen LogP contribution < -0.4 is 0 Å². The molecule has 0 aliphatic heterocycles. The lowest BCUT2D eigenvalue weighted by atomic mass is 10.2. The Hall–Kier alpha value is -0.420. The van der Waals surface area contributed by atoms with Crippen molar-refractivity contribution in [1.82, 2.24) is 0 Å². The van der Waals surface area contributed by atoms with E-state index in [1.54, 1.807) is 0 Å². The molecule has 6 nitrogen and oxygen atoms in total. The van der Waals surface area contributed by atoms with Gasteiger partial charge in [0.1, 0.15) is 0 Å². The lowest BCUT2D eigenvalue weighted by Crippen LogP contribution is -2.03. The molecule has 0 atom stereocenters. The highest BCUT2D eigenvalue weighted by Gasteiger charge is 2.18. The zero-order valence-corrected chi connectivity index (χ0v) is 8.20. The van der Waals surface area contributed by atoms with Crippen LogP contribution in [0.1, 0.15) is 32.6 Å². The molecule has 0 bridgehead atoms. The van der Waals surface area contributed by atoms with Crippen molar-refractivity contribution in [3.05, 3.63) is 0 Å². The molecular formula is C6H13O6P. The molecule has 0 aromatic carbocycles. The molecule has 7 heteroatoms. The van der Waals surface area contributed by atoms with Crippen LogP contribution >= 0.6 is 7.82 Å². The first-order chi connectivity index (χ1) is 5.95. The van der Waals surface area contributed by atoms with Gasteiger partial charge < -0.3 is 9.79 Å². The van der Waals surface area contributed by atoms with E-state index in [4.69, 9.17) is 9.79 Å². The molecule has 0 aromatic heterocycles. The summed E-state index contributed by atoms with van der Waals surface area (Å²) in [6.07, 6.45) is 2.55. The summed E-state index contributed by atoms with van der Waals surface area (Å²) < 4.78 is 13.6. The minimum Gasteiger partial charge on any atom is -0.301 e. The third-order valence-electron chi connectivity index (χ3n) is 1.21. The molecule has 0 aliphatic carbocycles. The van der Waals surface area contributed by atoms with Gasteiger partial charge in [-0.25, -0.2) is 9.36 Å². The molecule has 78 valence electrons. The highest BCUT2D eigenvalue weighted by atomic mass is 31.2. The first kappa shape index (κ1) is 12.6.